The molecule has 0 saturated carbocycles. The lowest BCUT2D eigenvalue weighted by Crippen LogP contribution is -2.36. The zero-order valence-electron chi connectivity index (χ0n) is 8.07. The van der Waals surface area contributed by atoms with Gasteiger partial charge in [-0.15, -0.1) is 0 Å². The summed E-state index contributed by atoms with van der Waals surface area (Å²) < 4.78 is 0. The van der Waals surface area contributed by atoms with E-state index in [9.17, 15) is 4.79 Å². The number of fused-ring (bicyclic) bond motifs is 3. The third-order valence-corrected chi connectivity index (χ3v) is 3.32. The number of nitrogens with zero attached hydrogens (tertiary/aromatic N) is 1. The Morgan fingerprint density at radius 2 is 1.93 bits per heavy atom. The first kappa shape index (κ1) is 8.04. The average molecular weight is 187 g/mol. The molecule has 0 radical (unpaired) electrons. The number of carbonyl (C=O) groups is 1. The Morgan fingerprint density at radius 1 is 1.14 bits per heavy atom. The summed E-state index contributed by atoms with van der Waals surface area (Å²) in [5.41, 5.74) is 2.49. The molecular weight excluding hydrogens is 174 g/mol. The van der Waals surface area contributed by atoms with Crippen LogP contribution in [0.3, 0.4) is 0 Å². The highest BCUT2D eigenvalue weighted by atomic mass is 16.2. The monoisotopic (exact) mass is 187 g/mol. The van der Waals surface area contributed by atoms with Crippen LogP contribution in [-0.2, 0) is 11.2 Å². The number of anilines is 1. The fourth-order valence-corrected chi connectivity index (χ4v) is 2.63. The summed E-state index contributed by atoms with van der Waals surface area (Å²) in [6, 6.07) is 8.77. The number of carbonyl (C=O) groups excluding carboxylic acids is 1. The molecule has 1 saturated heterocycles. The molecule has 2 nitrogen and oxygen atoms in total. The molecule has 3 rings (SSSR count). The van der Waals surface area contributed by atoms with Crippen molar-refractivity contribution in [1.82, 2.24) is 0 Å². The van der Waals surface area contributed by atoms with E-state index in [1.807, 2.05) is 11.0 Å². The summed E-state index contributed by atoms with van der Waals surface area (Å²) in [6.07, 6.45) is 4.06. The number of benzene rings is 1. The Kier molecular flexibility index (Phi) is 1.63. The van der Waals surface area contributed by atoms with Crippen molar-refractivity contribution in [2.45, 2.75) is 31.7 Å². The van der Waals surface area contributed by atoms with E-state index in [1.54, 1.807) is 0 Å². The molecule has 1 atom stereocenters. The lowest BCUT2D eigenvalue weighted by Gasteiger charge is -2.31. The Labute approximate surface area is 83.5 Å². The van der Waals surface area contributed by atoms with E-state index in [2.05, 4.69) is 18.2 Å². The number of para-hydroxylation sites is 1. The smallest absolute Gasteiger partial charge is 0.227 e. The van der Waals surface area contributed by atoms with Crippen LogP contribution in [0, 0.1) is 0 Å². The Morgan fingerprint density at radius 3 is 2.86 bits per heavy atom. The summed E-state index contributed by atoms with van der Waals surface area (Å²) >= 11 is 0. The minimum Gasteiger partial charge on any atom is -0.309 e. The lowest BCUT2D eigenvalue weighted by molar-refractivity contribution is -0.117. The van der Waals surface area contributed by atoms with Crippen LogP contribution >= 0.6 is 0 Å². The normalized spacial score (nSPS) is 24.7. The third-order valence-electron chi connectivity index (χ3n) is 3.32. The standard InChI is InChI=1S/C12H13NO/c14-12-8-7-10-6-5-9-3-1-2-4-11(9)13(10)12/h1-4,10H,5-8H2. The summed E-state index contributed by atoms with van der Waals surface area (Å²) in [4.78, 5) is 13.7. The minimum absolute atomic E-state index is 0.308. The van der Waals surface area contributed by atoms with Crippen LogP contribution < -0.4 is 4.90 Å². The molecule has 1 fully saturated rings. The number of rotatable bonds is 0. The maximum atomic E-state index is 11.7. The van der Waals surface area contributed by atoms with E-state index in [4.69, 9.17) is 0 Å². The van der Waals surface area contributed by atoms with Gasteiger partial charge in [-0.25, -0.2) is 0 Å². The van der Waals surface area contributed by atoms with Gasteiger partial charge in [0.1, 0.15) is 0 Å². The van der Waals surface area contributed by atoms with Gasteiger partial charge in [0.2, 0.25) is 5.91 Å². The van der Waals surface area contributed by atoms with Gasteiger partial charge in [-0.3, -0.25) is 4.79 Å². The molecule has 0 aromatic heterocycles. The molecule has 0 aliphatic carbocycles. The van der Waals surface area contributed by atoms with Crippen molar-refractivity contribution >= 4 is 11.6 Å². The van der Waals surface area contributed by atoms with Crippen LogP contribution in [-0.4, -0.2) is 11.9 Å². The molecule has 1 aromatic carbocycles. The topological polar surface area (TPSA) is 20.3 Å². The van der Waals surface area contributed by atoms with Crippen LogP contribution in [0.15, 0.2) is 24.3 Å². The molecule has 2 heteroatoms. The molecular formula is C12H13NO. The third kappa shape index (κ3) is 0.999. The highest BCUT2D eigenvalue weighted by molar-refractivity contribution is 5.97. The van der Waals surface area contributed by atoms with Crippen LogP contribution in [0.2, 0.25) is 0 Å². The largest absolute Gasteiger partial charge is 0.309 e. The Hall–Kier alpha value is -1.31. The van der Waals surface area contributed by atoms with E-state index >= 15 is 0 Å². The van der Waals surface area contributed by atoms with Gasteiger partial charge >= 0.3 is 0 Å². The molecule has 72 valence electrons. The molecule has 2 heterocycles. The second-order valence-electron chi connectivity index (χ2n) is 4.12. The van der Waals surface area contributed by atoms with Gasteiger partial charge < -0.3 is 4.90 Å². The summed E-state index contributed by atoms with van der Waals surface area (Å²) in [5, 5.41) is 0. The number of amides is 1. The van der Waals surface area contributed by atoms with Gasteiger partial charge in [0.25, 0.3) is 0 Å². The Balaban J connectivity index is 2.11. The summed E-state index contributed by atoms with van der Waals surface area (Å²) in [7, 11) is 0. The zero-order chi connectivity index (χ0) is 9.54. The molecule has 0 N–H and O–H groups in total. The van der Waals surface area contributed by atoms with Gasteiger partial charge in [0.15, 0.2) is 0 Å². The minimum atomic E-state index is 0.308. The fourth-order valence-electron chi connectivity index (χ4n) is 2.63. The SMILES string of the molecule is O=C1CCC2CCc3ccccc3N12. The first-order valence-corrected chi connectivity index (χ1v) is 5.26. The highest BCUT2D eigenvalue weighted by Gasteiger charge is 2.35. The summed E-state index contributed by atoms with van der Waals surface area (Å²) in [5.74, 6) is 0.308. The number of hydrogen-bond donors (Lipinski definition) is 0. The maximum absolute atomic E-state index is 11.7. The summed E-state index contributed by atoms with van der Waals surface area (Å²) in [6.45, 7) is 0. The van der Waals surface area contributed by atoms with Crippen molar-refractivity contribution in [3.05, 3.63) is 29.8 Å². The van der Waals surface area contributed by atoms with Gasteiger partial charge in [-0.05, 0) is 30.9 Å². The lowest BCUT2D eigenvalue weighted by atomic mass is 9.97. The maximum Gasteiger partial charge on any atom is 0.227 e. The molecule has 1 unspecified atom stereocenters. The highest BCUT2D eigenvalue weighted by Crippen LogP contribution is 2.36. The average Bonchev–Trinajstić information content (AvgIpc) is 2.61. The molecule has 1 aromatic rings. The fraction of sp³-hybridized carbons (Fsp3) is 0.417. The predicted molar refractivity (Wildman–Crippen MR) is 55.3 cm³/mol. The van der Waals surface area contributed by atoms with Crippen LogP contribution in [0.25, 0.3) is 0 Å². The second-order valence-corrected chi connectivity index (χ2v) is 4.12. The van der Waals surface area contributed by atoms with Gasteiger partial charge in [0.05, 0.1) is 0 Å². The molecule has 1 amide bonds. The zero-order valence-corrected chi connectivity index (χ0v) is 8.07. The molecule has 14 heavy (non-hydrogen) atoms. The van der Waals surface area contributed by atoms with Gasteiger partial charge in [0, 0.05) is 18.2 Å². The van der Waals surface area contributed by atoms with E-state index in [0.29, 0.717) is 11.9 Å². The van der Waals surface area contributed by atoms with Crippen molar-refractivity contribution in [2.24, 2.45) is 0 Å². The van der Waals surface area contributed by atoms with Crippen molar-refractivity contribution in [3.63, 3.8) is 0 Å². The van der Waals surface area contributed by atoms with Crippen molar-refractivity contribution in [3.8, 4) is 0 Å². The van der Waals surface area contributed by atoms with E-state index in [1.165, 1.54) is 5.56 Å². The molecule has 0 spiro atoms. The first-order chi connectivity index (χ1) is 6.86. The second kappa shape index (κ2) is 2.84. The number of aryl methyl sites for hydroxylation is 1. The van der Waals surface area contributed by atoms with E-state index < -0.39 is 0 Å². The van der Waals surface area contributed by atoms with Crippen LogP contribution in [0.5, 0.6) is 0 Å². The van der Waals surface area contributed by atoms with E-state index in [-0.39, 0.29) is 0 Å². The molecule has 2 aliphatic heterocycles. The van der Waals surface area contributed by atoms with Gasteiger partial charge in [-0.1, -0.05) is 18.2 Å². The quantitative estimate of drug-likeness (QED) is 0.609. The predicted octanol–water partition coefficient (Wildman–Crippen LogP) is 2.13. The first-order valence-electron chi connectivity index (χ1n) is 5.26. The number of hydrogen-bond acceptors (Lipinski definition) is 1. The van der Waals surface area contributed by atoms with Crippen molar-refractivity contribution in [2.75, 3.05) is 4.90 Å². The van der Waals surface area contributed by atoms with Crippen LogP contribution in [0.4, 0.5) is 5.69 Å². The van der Waals surface area contributed by atoms with Crippen molar-refractivity contribution in [1.29, 1.82) is 0 Å². The molecule has 2 aliphatic rings. The Bertz CT molecular complexity index is 386. The van der Waals surface area contributed by atoms with Gasteiger partial charge in [-0.2, -0.15) is 0 Å². The van der Waals surface area contributed by atoms with Crippen molar-refractivity contribution < 1.29 is 4.79 Å². The van der Waals surface area contributed by atoms with E-state index in [0.717, 1.165) is 31.4 Å². The van der Waals surface area contributed by atoms with Crippen LogP contribution in [0.1, 0.15) is 24.8 Å². The molecule has 0 bridgehead atoms.